The largest absolute Gasteiger partial charge is 0.481 e. The molecule has 1 saturated carbocycles. The minimum Gasteiger partial charge on any atom is -0.481 e. The lowest BCUT2D eigenvalue weighted by molar-refractivity contribution is -0.139. The molecule has 1 aliphatic carbocycles. The molecule has 2 rings (SSSR count). The van der Waals surface area contributed by atoms with Crippen LogP contribution in [0.2, 0.25) is 0 Å². The zero-order chi connectivity index (χ0) is 14.8. The van der Waals surface area contributed by atoms with Gasteiger partial charge in [0, 0.05) is 12.3 Å². The normalized spacial score (nSPS) is 23.1. The van der Waals surface area contributed by atoms with Crippen LogP contribution in [0.25, 0.3) is 0 Å². The summed E-state index contributed by atoms with van der Waals surface area (Å²) < 4.78 is 5.31. The van der Waals surface area contributed by atoms with Crippen LogP contribution in [0.3, 0.4) is 0 Å². The van der Waals surface area contributed by atoms with Gasteiger partial charge in [-0.1, -0.05) is 32.3 Å². The summed E-state index contributed by atoms with van der Waals surface area (Å²) in [5.74, 6) is 1.77. The number of hydrogen-bond donors (Lipinski definition) is 1. The van der Waals surface area contributed by atoms with Crippen molar-refractivity contribution in [2.75, 3.05) is 0 Å². The molecular formula is C15H24N2O3. The van der Waals surface area contributed by atoms with Crippen LogP contribution in [0.15, 0.2) is 4.52 Å². The van der Waals surface area contributed by atoms with Gasteiger partial charge < -0.3 is 9.63 Å². The molecule has 0 saturated heterocycles. The summed E-state index contributed by atoms with van der Waals surface area (Å²) in [5.41, 5.74) is -0.364. The van der Waals surface area contributed by atoms with Crippen molar-refractivity contribution in [1.82, 2.24) is 10.1 Å². The third-order valence-corrected chi connectivity index (χ3v) is 4.23. The van der Waals surface area contributed by atoms with E-state index >= 15 is 0 Å². The first-order valence-corrected chi connectivity index (χ1v) is 7.44. The summed E-state index contributed by atoms with van der Waals surface area (Å²) in [5, 5.41) is 13.0. The predicted octanol–water partition coefficient (Wildman–Crippen LogP) is 3.41. The second-order valence-electron chi connectivity index (χ2n) is 6.74. The quantitative estimate of drug-likeness (QED) is 0.864. The topological polar surface area (TPSA) is 76.2 Å². The van der Waals surface area contributed by atoms with Crippen molar-refractivity contribution in [2.24, 2.45) is 11.3 Å². The first-order chi connectivity index (χ1) is 9.39. The zero-order valence-corrected chi connectivity index (χ0v) is 12.6. The molecule has 0 bridgehead atoms. The smallest absolute Gasteiger partial charge is 0.303 e. The van der Waals surface area contributed by atoms with Gasteiger partial charge in [0.1, 0.15) is 0 Å². The Morgan fingerprint density at radius 3 is 2.80 bits per heavy atom. The van der Waals surface area contributed by atoms with Crippen molar-refractivity contribution in [3.8, 4) is 0 Å². The number of carbonyl (C=O) groups is 1. The number of carboxylic acids is 1. The fourth-order valence-corrected chi connectivity index (χ4v) is 3.07. The Morgan fingerprint density at radius 2 is 2.20 bits per heavy atom. The van der Waals surface area contributed by atoms with Crippen LogP contribution < -0.4 is 0 Å². The van der Waals surface area contributed by atoms with Crippen LogP contribution >= 0.6 is 0 Å². The molecule has 2 atom stereocenters. The maximum Gasteiger partial charge on any atom is 0.303 e. The van der Waals surface area contributed by atoms with Crippen molar-refractivity contribution in [3.05, 3.63) is 11.7 Å². The van der Waals surface area contributed by atoms with Gasteiger partial charge in [-0.05, 0) is 30.6 Å². The Bertz CT molecular complexity index is 467. The van der Waals surface area contributed by atoms with Crippen LogP contribution in [0.1, 0.15) is 70.5 Å². The van der Waals surface area contributed by atoms with E-state index in [1.165, 1.54) is 12.8 Å². The molecule has 0 spiro atoms. The van der Waals surface area contributed by atoms with Crippen molar-refractivity contribution in [2.45, 2.75) is 65.2 Å². The Labute approximate surface area is 119 Å². The van der Waals surface area contributed by atoms with E-state index in [1.54, 1.807) is 0 Å². The van der Waals surface area contributed by atoms with Crippen molar-refractivity contribution < 1.29 is 14.4 Å². The van der Waals surface area contributed by atoms with E-state index in [0.29, 0.717) is 18.2 Å². The Kier molecular flexibility index (Phi) is 4.45. The molecule has 1 aromatic heterocycles. The highest BCUT2D eigenvalue weighted by atomic mass is 16.5. The summed E-state index contributed by atoms with van der Waals surface area (Å²) >= 11 is 0. The van der Waals surface area contributed by atoms with Gasteiger partial charge >= 0.3 is 5.97 Å². The maximum atomic E-state index is 10.8. The maximum absolute atomic E-state index is 10.8. The van der Waals surface area contributed by atoms with Gasteiger partial charge in [-0.2, -0.15) is 4.98 Å². The predicted molar refractivity (Wildman–Crippen MR) is 74.4 cm³/mol. The van der Waals surface area contributed by atoms with Gasteiger partial charge in [-0.25, -0.2) is 0 Å². The number of aliphatic carboxylic acids is 1. The van der Waals surface area contributed by atoms with Crippen LogP contribution in [0.4, 0.5) is 0 Å². The molecule has 1 aliphatic rings. The molecule has 5 heteroatoms. The molecule has 20 heavy (non-hydrogen) atoms. The highest BCUT2D eigenvalue weighted by molar-refractivity contribution is 5.67. The molecule has 0 aliphatic heterocycles. The molecule has 1 heterocycles. The van der Waals surface area contributed by atoms with E-state index in [2.05, 4.69) is 17.1 Å². The molecule has 5 nitrogen and oxygen atoms in total. The Morgan fingerprint density at radius 1 is 1.45 bits per heavy atom. The van der Waals surface area contributed by atoms with Crippen molar-refractivity contribution >= 4 is 5.97 Å². The SMILES string of the molecule is CCC1CCC(c2noc(CC(C)(C)CC(=O)O)n2)C1. The molecule has 0 aromatic carbocycles. The standard InChI is InChI=1S/C15H24N2O3/c1-4-10-5-6-11(7-10)14-16-12(20-17-14)8-15(2,3)9-13(18)19/h10-11H,4-9H2,1-3H3,(H,18,19). The molecule has 2 unspecified atom stereocenters. The summed E-state index contributed by atoms with van der Waals surface area (Å²) in [6, 6.07) is 0. The molecular weight excluding hydrogens is 256 g/mol. The molecule has 1 N–H and O–H groups in total. The average Bonchev–Trinajstić information content (AvgIpc) is 2.94. The van der Waals surface area contributed by atoms with Crippen molar-refractivity contribution in [1.29, 1.82) is 0 Å². The monoisotopic (exact) mass is 280 g/mol. The lowest BCUT2D eigenvalue weighted by Gasteiger charge is -2.19. The number of hydrogen-bond acceptors (Lipinski definition) is 4. The minimum atomic E-state index is -0.795. The van der Waals surface area contributed by atoms with E-state index in [-0.39, 0.29) is 11.8 Å². The summed E-state index contributed by atoms with van der Waals surface area (Å²) in [6.07, 6.45) is 5.36. The van der Waals surface area contributed by atoms with Gasteiger partial charge in [0.05, 0.1) is 6.42 Å². The first-order valence-electron chi connectivity index (χ1n) is 7.44. The van der Waals surface area contributed by atoms with Gasteiger partial charge in [-0.3, -0.25) is 4.79 Å². The Balaban J connectivity index is 1.97. The number of carboxylic acid groups (broad SMARTS) is 1. The summed E-state index contributed by atoms with van der Waals surface area (Å²) in [7, 11) is 0. The number of nitrogens with zero attached hydrogens (tertiary/aromatic N) is 2. The van der Waals surface area contributed by atoms with Crippen LogP contribution in [0.5, 0.6) is 0 Å². The van der Waals surface area contributed by atoms with Gasteiger partial charge in [0.2, 0.25) is 5.89 Å². The van der Waals surface area contributed by atoms with E-state index < -0.39 is 5.97 Å². The third kappa shape index (κ3) is 3.81. The number of rotatable bonds is 6. The van der Waals surface area contributed by atoms with Crippen molar-refractivity contribution in [3.63, 3.8) is 0 Å². The minimum absolute atomic E-state index is 0.103. The molecule has 1 aromatic rings. The fourth-order valence-electron chi connectivity index (χ4n) is 3.07. The number of aromatic nitrogens is 2. The summed E-state index contributed by atoms with van der Waals surface area (Å²) in [6.45, 7) is 6.05. The van der Waals surface area contributed by atoms with Crippen LogP contribution in [0, 0.1) is 11.3 Å². The van der Waals surface area contributed by atoms with Gasteiger partial charge in [0.25, 0.3) is 0 Å². The second kappa shape index (κ2) is 5.94. The van der Waals surface area contributed by atoms with E-state index in [4.69, 9.17) is 9.63 Å². The van der Waals surface area contributed by atoms with Gasteiger partial charge in [-0.15, -0.1) is 0 Å². The van der Waals surface area contributed by atoms with E-state index in [1.807, 2.05) is 13.8 Å². The highest BCUT2D eigenvalue weighted by Gasteiger charge is 2.30. The van der Waals surface area contributed by atoms with Gasteiger partial charge in [0.15, 0.2) is 5.82 Å². The molecule has 0 amide bonds. The molecule has 1 fully saturated rings. The second-order valence-corrected chi connectivity index (χ2v) is 6.74. The summed E-state index contributed by atoms with van der Waals surface area (Å²) in [4.78, 5) is 15.3. The Hall–Kier alpha value is -1.39. The third-order valence-electron chi connectivity index (χ3n) is 4.23. The van der Waals surface area contributed by atoms with E-state index in [9.17, 15) is 4.79 Å². The average molecular weight is 280 g/mol. The lowest BCUT2D eigenvalue weighted by Crippen LogP contribution is -2.19. The zero-order valence-electron chi connectivity index (χ0n) is 12.6. The molecule has 0 radical (unpaired) electrons. The highest BCUT2D eigenvalue weighted by Crippen LogP contribution is 2.38. The van der Waals surface area contributed by atoms with Crippen LogP contribution in [-0.2, 0) is 11.2 Å². The fraction of sp³-hybridized carbons (Fsp3) is 0.800. The molecule has 112 valence electrons. The first kappa shape index (κ1) is 15.0. The van der Waals surface area contributed by atoms with Crippen LogP contribution in [-0.4, -0.2) is 21.2 Å². The lowest BCUT2D eigenvalue weighted by atomic mass is 9.86. The van der Waals surface area contributed by atoms with E-state index in [0.717, 1.165) is 24.6 Å².